The van der Waals surface area contributed by atoms with Gasteiger partial charge in [0.05, 0.1) is 6.61 Å². The Morgan fingerprint density at radius 1 is 1.00 bits per heavy atom. The maximum absolute atomic E-state index is 13.9. The molecule has 2 saturated heterocycles. The van der Waals surface area contributed by atoms with Gasteiger partial charge >= 0.3 is 0 Å². The molecule has 0 aliphatic carbocycles. The van der Waals surface area contributed by atoms with E-state index >= 15 is 0 Å². The lowest BCUT2D eigenvalue weighted by Gasteiger charge is -2.44. The van der Waals surface area contributed by atoms with E-state index in [1.54, 1.807) is 17.6 Å². The number of nitrogens with zero attached hydrogens (tertiary/aromatic N) is 3. The van der Waals surface area contributed by atoms with Crippen LogP contribution in [-0.2, 0) is 14.8 Å². The second kappa shape index (κ2) is 12.1. The normalized spacial score (nSPS) is 17.9. The third kappa shape index (κ3) is 5.64. The van der Waals surface area contributed by atoms with Gasteiger partial charge in [-0.05, 0) is 55.7 Å². The fourth-order valence-electron chi connectivity index (χ4n) is 5.54. The minimum atomic E-state index is -4.16. The average molecular weight is 585 g/mol. The summed E-state index contributed by atoms with van der Waals surface area (Å²) in [4.78, 5) is 29.7. The molecule has 3 aromatic rings. The van der Waals surface area contributed by atoms with Crippen molar-refractivity contribution in [2.75, 3.05) is 50.8 Å². The van der Waals surface area contributed by atoms with E-state index in [0.717, 1.165) is 29.7 Å². The lowest BCUT2D eigenvalue weighted by Crippen LogP contribution is -2.64. The number of hydroxylamine groups is 1. The van der Waals surface area contributed by atoms with Gasteiger partial charge in [0, 0.05) is 50.3 Å². The van der Waals surface area contributed by atoms with Crippen molar-refractivity contribution in [2.24, 2.45) is 0 Å². The van der Waals surface area contributed by atoms with Gasteiger partial charge in [-0.1, -0.05) is 31.5 Å². The molecule has 0 bridgehead atoms. The second-order valence-corrected chi connectivity index (χ2v) is 12.7. The number of rotatable bonds is 9. The third-order valence-corrected chi connectivity index (χ3v) is 10.7. The van der Waals surface area contributed by atoms with Crippen LogP contribution in [0.4, 0.5) is 5.69 Å². The molecule has 2 N–H and O–H groups in total. The first-order valence-electron chi connectivity index (χ1n) is 14.0. The summed E-state index contributed by atoms with van der Waals surface area (Å²) in [6.07, 6.45) is 1.76. The van der Waals surface area contributed by atoms with Crippen molar-refractivity contribution in [3.05, 3.63) is 60.4 Å². The standard InChI is InChI=1S/C29H36N4O7S/c1-2-3-20-39-24-10-8-23(9-11-24)31-16-18-33(19-17-31)41(37,38)29(28(35)30-36)12-14-32(15-13-29)27(34)26-21-22-6-4-5-7-25(22)40-26/h4-11,21,36H,2-3,12-20H2,1H3,(H,30,35). The van der Waals surface area contributed by atoms with Gasteiger partial charge in [-0.2, -0.15) is 4.31 Å². The number of furan rings is 1. The second-order valence-electron chi connectivity index (χ2n) is 10.5. The first-order chi connectivity index (χ1) is 19.8. The van der Waals surface area contributed by atoms with Crippen molar-refractivity contribution in [1.82, 2.24) is 14.7 Å². The molecule has 2 fully saturated rings. The molecule has 2 aromatic carbocycles. The number of hydrogen-bond donors (Lipinski definition) is 2. The monoisotopic (exact) mass is 584 g/mol. The highest BCUT2D eigenvalue weighted by molar-refractivity contribution is 7.91. The highest BCUT2D eigenvalue weighted by Gasteiger charge is 2.55. The Labute approximate surface area is 239 Å². The highest BCUT2D eigenvalue weighted by atomic mass is 32.2. The van der Waals surface area contributed by atoms with Crippen LogP contribution >= 0.6 is 0 Å². The van der Waals surface area contributed by atoms with Crippen LogP contribution in [0.15, 0.2) is 59.0 Å². The van der Waals surface area contributed by atoms with Crippen molar-refractivity contribution < 1.29 is 32.4 Å². The molecular formula is C29H36N4O7S. The third-order valence-electron chi connectivity index (χ3n) is 8.05. The van der Waals surface area contributed by atoms with Crippen LogP contribution in [0.2, 0.25) is 0 Å². The zero-order valence-electron chi connectivity index (χ0n) is 23.1. The van der Waals surface area contributed by atoms with Crippen LogP contribution < -0.4 is 15.1 Å². The van der Waals surface area contributed by atoms with Crippen molar-refractivity contribution in [2.45, 2.75) is 37.4 Å². The Balaban J connectivity index is 1.24. The summed E-state index contributed by atoms with van der Waals surface area (Å²) in [6.45, 7) is 4.10. The first kappa shape index (κ1) is 28.9. The molecule has 2 aliphatic rings. The molecule has 3 heterocycles. The number of sulfonamides is 1. The predicted molar refractivity (Wildman–Crippen MR) is 154 cm³/mol. The quantitative estimate of drug-likeness (QED) is 0.223. The number of ether oxygens (including phenoxy) is 1. The van der Waals surface area contributed by atoms with Gasteiger partial charge in [-0.15, -0.1) is 0 Å². The molecule has 0 atom stereocenters. The summed E-state index contributed by atoms with van der Waals surface area (Å²) in [7, 11) is -4.16. The topological polar surface area (TPSA) is 133 Å². The van der Waals surface area contributed by atoms with E-state index in [1.165, 1.54) is 9.21 Å². The smallest absolute Gasteiger partial charge is 0.289 e. The maximum Gasteiger partial charge on any atom is 0.289 e. The summed E-state index contributed by atoms with van der Waals surface area (Å²) in [5, 5.41) is 10.3. The van der Waals surface area contributed by atoms with Gasteiger partial charge in [0.15, 0.2) is 10.5 Å². The van der Waals surface area contributed by atoms with E-state index < -0.39 is 20.7 Å². The lowest BCUT2D eigenvalue weighted by molar-refractivity contribution is -0.133. The van der Waals surface area contributed by atoms with Crippen LogP contribution in [0.1, 0.15) is 43.2 Å². The molecule has 0 saturated carbocycles. The van der Waals surface area contributed by atoms with E-state index in [-0.39, 0.29) is 50.7 Å². The Morgan fingerprint density at radius 2 is 1.68 bits per heavy atom. The molecular weight excluding hydrogens is 548 g/mol. The molecule has 41 heavy (non-hydrogen) atoms. The van der Waals surface area contributed by atoms with Crippen molar-refractivity contribution >= 4 is 38.5 Å². The largest absolute Gasteiger partial charge is 0.494 e. The van der Waals surface area contributed by atoms with Crippen molar-refractivity contribution in [3.8, 4) is 5.75 Å². The number of para-hydroxylation sites is 1. The van der Waals surface area contributed by atoms with Crippen LogP contribution in [0.5, 0.6) is 5.75 Å². The van der Waals surface area contributed by atoms with Crippen LogP contribution in [0.25, 0.3) is 11.0 Å². The number of carbonyl (C=O) groups is 2. The number of piperazine rings is 1. The number of unbranched alkanes of at least 4 members (excludes halogenated alkanes) is 1. The van der Waals surface area contributed by atoms with Gasteiger partial charge in [0.25, 0.3) is 11.8 Å². The predicted octanol–water partition coefficient (Wildman–Crippen LogP) is 3.24. The maximum atomic E-state index is 13.9. The molecule has 0 spiro atoms. The van der Waals surface area contributed by atoms with E-state index in [1.807, 2.05) is 42.5 Å². The summed E-state index contributed by atoms with van der Waals surface area (Å²) in [6, 6.07) is 16.7. The number of nitrogens with one attached hydrogen (secondary N) is 1. The molecule has 2 aliphatic heterocycles. The number of fused-ring (bicyclic) bond motifs is 1. The van der Waals surface area contributed by atoms with E-state index in [9.17, 15) is 23.2 Å². The highest BCUT2D eigenvalue weighted by Crippen LogP contribution is 2.35. The van der Waals surface area contributed by atoms with Gasteiger partial charge in [0.1, 0.15) is 11.3 Å². The Hall–Kier alpha value is -3.61. The van der Waals surface area contributed by atoms with Gasteiger partial charge < -0.3 is 19.0 Å². The number of amides is 2. The Bertz CT molecular complexity index is 1440. The minimum absolute atomic E-state index is 0.0230. The number of anilines is 1. The van der Waals surface area contributed by atoms with Crippen LogP contribution in [0, 0.1) is 0 Å². The number of carbonyl (C=O) groups excluding carboxylic acids is 2. The fourth-order valence-corrected chi connectivity index (χ4v) is 7.66. The number of likely N-dealkylation sites (tertiary alicyclic amines) is 1. The first-order valence-corrected chi connectivity index (χ1v) is 15.4. The number of hydrogen-bond acceptors (Lipinski definition) is 8. The van der Waals surface area contributed by atoms with E-state index in [0.29, 0.717) is 25.3 Å². The lowest BCUT2D eigenvalue weighted by atomic mass is 9.94. The van der Waals surface area contributed by atoms with E-state index in [4.69, 9.17) is 9.15 Å². The zero-order chi connectivity index (χ0) is 29.0. The molecule has 1 aromatic heterocycles. The average Bonchev–Trinajstić information content (AvgIpc) is 3.45. The fraction of sp³-hybridized carbons (Fsp3) is 0.448. The molecule has 220 valence electrons. The van der Waals surface area contributed by atoms with Gasteiger partial charge in [-0.25, -0.2) is 13.9 Å². The van der Waals surface area contributed by atoms with Crippen molar-refractivity contribution in [3.63, 3.8) is 0 Å². The molecule has 0 radical (unpaired) electrons. The zero-order valence-corrected chi connectivity index (χ0v) is 23.9. The summed E-state index contributed by atoms with van der Waals surface area (Å²) >= 11 is 0. The summed E-state index contributed by atoms with van der Waals surface area (Å²) in [5.41, 5.74) is 3.13. The molecule has 2 amide bonds. The summed E-state index contributed by atoms with van der Waals surface area (Å²) < 4.78 is 38.7. The summed E-state index contributed by atoms with van der Waals surface area (Å²) in [5.74, 6) is -0.392. The molecule has 5 rings (SSSR count). The molecule has 11 nitrogen and oxygen atoms in total. The Kier molecular flexibility index (Phi) is 8.52. The van der Waals surface area contributed by atoms with Crippen LogP contribution in [-0.4, -0.2) is 85.3 Å². The molecule has 0 unspecified atom stereocenters. The number of benzene rings is 2. The SMILES string of the molecule is CCCCOc1ccc(N2CCN(S(=O)(=O)C3(C(=O)NO)CCN(C(=O)c4cc5ccccc5o4)CC3)CC2)cc1. The number of piperidine rings is 1. The Morgan fingerprint density at radius 3 is 2.32 bits per heavy atom. The van der Waals surface area contributed by atoms with Gasteiger partial charge in [0.2, 0.25) is 10.0 Å². The van der Waals surface area contributed by atoms with E-state index in [2.05, 4.69) is 11.8 Å². The van der Waals surface area contributed by atoms with Gasteiger partial charge in [-0.3, -0.25) is 14.8 Å². The minimum Gasteiger partial charge on any atom is -0.494 e. The molecule has 12 heteroatoms. The van der Waals surface area contributed by atoms with Crippen LogP contribution in [0.3, 0.4) is 0 Å². The van der Waals surface area contributed by atoms with Crippen molar-refractivity contribution in [1.29, 1.82) is 0 Å².